The van der Waals surface area contributed by atoms with Crippen LogP contribution in [0.3, 0.4) is 0 Å². The van der Waals surface area contributed by atoms with Crippen molar-refractivity contribution >= 4 is 17.2 Å². The predicted octanol–water partition coefficient (Wildman–Crippen LogP) is 1.21. The molecule has 2 N–H and O–H groups in total. The molecule has 1 rings (SSSR count). The van der Waals surface area contributed by atoms with Crippen LogP contribution in [0.25, 0.3) is 0 Å². The van der Waals surface area contributed by atoms with Gasteiger partial charge in [0.15, 0.2) is 0 Å². The zero-order valence-corrected chi connectivity index (χ0v) is 8.31. The van der Waals surface area contributed by atoms with Crippen LogP contribution < -0.4 is 4.72 Å². The molecule has 0 aliphatic heterocycles. The molecule has 0 saturated heterocycles. The summed E-state index contributed by atoms with van der Waals surface area (Å²) in [7, 11) is 0. The maximum absolute atomic E-state index is 10.9. The van der Waals surface area contributed by atoms with Crippen LogP contribution in [-0.2, 0) is 16.1 Å². The summed E-state index contributed by atoms with van der Waals surface area (Å²) < 4.78 is 20.5. The number of carbonyl (C=O) groups is 1. The molecule has 1 amide bonds. The van der Waals surface area contributed by atoms with E-state index in [1.54, 1.807) is 0 Å². The number of hydrogen-bond donors (Lipinski definition) is 2. The van der Waals surface area contributed by atoms with Crippen molar-refractivity contribution in [1.29, 1.82) is 0 Å². The lowest BCUT2D eigenvalue weighted by molar-refractivity contribution is -0.119. The van der Waals surface area contributed by atoms with Gasteiger partial charge >= 0.3 is 0 Å². The molecule has 1 unspecified atom stereocenters. The zero-order valence-electron chi connectivity index (χ0n) is 7.49. The number of hydrogen-bond acceptors (Lipinski definition) is 2. The van der Waals surface area contributed by atoms with Gasteiger partial charge in [-0.25, -0.2) is 4.21 Å². The summed E-state index contributed by atoms with van der Waals surface area (Å²) in [5.74, 6) is 0.325. The van der Waals surface area contributed by atoms with Crippen LogP contribution in [0, 0.1) is 5.92 Å². The van der Waals surface area contributed by atoms with E-state index in [0.29, 0.717) is 12.3 Å². The van der Waals surface area contributed by atoms with Crippen LogP contribution in [0.5, 0.6) is 0 Å². The van der Waals surface area contributed by atoms with Gasteiger partial charge in [-0.3, -0.25) is 14.1 Å². The van der Waals surface area contributed by atoms with Crippen LogP contribution in [0.4, 0.5) is 0 Å². The van der Waals surface area contributed by atoms with Gasteiger partial charge in [0, 0.05) is 6.42 Å². The molecular weight excluding hydrogens is 190 g/mol. The minimum Gasteiger partial charge on any atom is -0.289 e. The van der Waals surface area contributed by atoms with Gasteiger partial charge in [-0.15, -0.1) is 0 Å². The molecule has 0 spiro atoms. The molecule has 0 aromatic heterocycles. The number of amides is 1. The monoisotopic (exact) mass is 205 g/mol. The zero-order chi connectivity index (χ0) is 9.68. The lowest BCUT2D eigenvalue weighted by Gasteiger charge is -2.06. The van der Waals surface area contributed by atoms with Crippen LogP contribution in [0.15, 0.2) is 0 Å². The highest BCUT2D eigenvalue weighted by molar-refractivity contribution is 7.77. The second kappa shape index (κ2) is 5.34. The predicted molar refractivity (Wildman–Crippen MR) is 50.1 cm³/mol. The Morgan fingerprint density at radius 2 is 2.08 bits per heavy atom. The largest absolute Gasteiger partial charge is 0.289 e. The maximum Gasteiger partial charge on any atom is 0.261 e. The van der Waals surface area contributed by atoms with Gasteiger partial charge in [0.05, 0.1) is 0 Å². The number of nitrogens with one attached hydrogen (secondary N) is 1. The highest BCUT2D eigenvalue weighted by atomic mass is 32.2. The van der Waals surface area contributed by atoms with Gasteiger partial charge in [-0.1, -0.05) is 25.7 Å². The van der Waals surface area contributed by atoms with Crippen molar-refractivity contribution in [1.82, 2.24) is 4.72 Å². The lowest BCUT2D eigenvalue weighted by Crippen LogP contribution is -2.25. The molecule has 13 heavy (non-hydrogen) atoms. The lowest BCUT2D eigenvalue weighted by atomic mass is 10.0. The van der Waals surface area contributed by atoms with Crippen LogP contribution in [0.1, 0.15) is 38.5 Å². The van der Waals surface area contributed by atoms with Gasteiger partial charge in [-0.2, -0.15) is 0 Å². The Hall–Kier alpha value is -0.420. The van der Waals surface area contributed by atoms with Gasteiger partial charge in [0.1, 0.15) is 0 Å². The van der Waals surface area contributed by atoms with Crippen molar-refractivity contribution < 1.29 is 13.6 Å². The number of rotatable bonds is 4. The normalized spacial score (nSPS) is 20.1. The first-order valence-corrected chi connectivity index (χ1v) is 5.69. The Bertz CT molecular complexity index is 202. The van der Waals surface area contributed by atoms with Crippen molar-refractivity contribution in [2.24, 2.45) is 5.92 Å². The number of carbonyl (C=O) groups excluding carboxylic acids is 1. The Morgan fingerprint density at radius 1 is 1.46 bits per heavy atom. The molecule has 0 aromatic carbocycles. The van der Waals surface area contributed by atoms with Gasteiger partial charge in [0.25, 0.3) is 11.3 Å². The topological polar surface area (TPSA) is 66.4 Å². The Labute approximate surface area is 80.5 Å². The smallest absolute Gasteiger partial charge is 0.261 e. The summed E-state index contributed by atoms with van der Waals surface area (Å²) in [6.07, 6.45) is 6.15. The average Bonchev–Trinajstić information content (AvgIpc) is 2.51. The van der Waals surface area contributed by atoms with Crippen LogP contribution >= 0.6 is 0 Å². The molecule has 1 aliphatic rings. The summed E-state index contributed by atoms with van der Waals surface area (Å²) in [6, 6.07) is 0. The highest BCUT2D eigenvalue weighted by Crippen LogP contribution is 2.28. The standard InChI is InChI=1S/C8H15NO3S/c10-8(9-13(11)12)6-5-7-3-1-2-4-7/h7H,1-6H2,(H,9,10)(H,11,12). The van der Waals surface area contributed by atoms with E-state index in [4.69, 9.17) is 4.55 Å². The second-order valence-electron chi connectivity index (χ2n) is 3.46. The first kappa shape index (κ1) is 10.7. The molecular formula is C8H15NO3S. The van der Waals surface area contributed by atoms with E-state index in [1.165, 1.54) is 25.7 Å². The third-order valence-electron chi connectivity index (χ3n) is 2.46. The third-order valence-corrected chi connectivity index (χ3v) is 2.86. The van der Waals surface area contributed by atoms with E-state index in [-0.39, 0.29) is 5.91 Å². The van der Waals surface area contributed by atoms with Gasteiger partial charge in [-0.05, 0) is 12.3 Å². The van der Waals surface area contributed by atoms with Crippen molar-refractivity contribution in [3.8, 4) is 0 Å². The van der Waals surface area contributed by atoms with E-state index >= 15 is 0 Å². The van der Waals surface area contributed by atoms with E-state index in [1.807, 2.05) is 4.72 Å². The van der Waals surface area contributed by atoms with E-state index in [2.05, 4.69) is 0 Å². The molecule has 1 fully saturated rings. The highest BCUT2D eigenvalue weighted by Gasteiger charge is 2.16. The molecule has 5 heteroatoms. The van der Waals surface area contributed by atoms with E-state index < -0.39 is 11.3 Å². The summed E-state index contributed by atoms with van der Waals surface area (Å²) >= 11 is -2.20. The maximum atomic E-state index is 10.9. The SMILES string of the molecule is O=C(CCC1CCCC1)NS(=O)O. The van der Waals surface area contributed by atoms with Crippen molar-refractivity contribution in [3.63, 3.8) is 0 Å². The average molecular weight is 205 g/mol. The molecule has 0 aromatic rings. The fraction of sp³-hybridized carbons (Fsp3) is 0.875. The fourth-order valence-corrected chi connectivity index (χ4v) is 2.08. The molecule has 4 nitrogen and oxygen atoms in total. The Balaban J connectivity index is 2.10. The van der Waals surface area contributed by atoms with E-state index in [0.717, 1.165) is 6.42 Å². The van der Waals surface area contributed by atoms with Crippen LogP contribution in [-0.4, -0.2) is 14.7 Å². The molecule has 0 radical (unpaired) electrons. The van der Waals surface area contributed by atoms with Crippen molar-refractivity contribution in [2.45, 2.75) is 38.5 Å². The van der Waals surface area contributed by atoms with Crippen LogP contribution in [0.2, 0.25) is 0 Å². The van der Waals surface area contributed by atoms with E-state index in [9.17, 15) is 9.00 Å². The van der Waals surface area contributed by atoms with Crippen molar-refractivity contribution in [3.05, 3.63) is 0 Å². The van der Waals surface area contributed by atoms with Gasteiger partial charge in [0.2, 0.25) is 5.91 Å². The summed E-state index contributed by atoms with van der Waals surface area (Å²) in [6.45, 7) is 0. The molecule has 0 heterocycles. The Morgan fingerprint density at radius 3 is 2.62 bits per heavy atom. The van der Waals surface area contributed by atoms with Gasteiger partial charge < -0.3 is 0 Å². The summed E-state index contributed by atoms with van der Waals surface area (Å²) in [4.78, 5) is 10.9. The quantitative estimate of drug-likeness (QED) is 0.678. The second-order valence-corrected chi connectivity index (χ2v) is 4.17. The van der Waals surface area contributed by atoms with Crippen molar-refractivity contribution in [2.75, 3.05) is 0 Å². The molecule has 76 valence electrons. The molecule has 1 aliphatic carbocycles. The summed E-state index contributed by atoms with van der Waals surface area (Å²) in [5.41, 5.74) is 0. The molecule has 0 bridgehead atoms. The fourth-order valence-electron chi connectivity index (χ4n) is 1.78. The first-order valence-electron chi connectivity index (χ1n) is 4.59. The minimum atomic E-state index is -2.20. The summed E-state index contributed by atoms with van der Waals surface area (Å²) in [5, 5.41) is 0. The third kappa shape index (κ3) is 4.38. The molecule has 1 saturated carbocycles. The first-order chi connectivity index (χ1) is 6.18. The minimum absolute atomic E-state index is 0.326. The molecule has 1 atom stereocenters. The Kier molecular flexibility index (Phi) is 4.38.